The summed E-state index contributed by atoms with van der Waals surface area (Å²) in [6.07, 6.45) is 0.814. The Morgan fingerprint density at radius 3 is 2.54 bits per heavy atom. The van der Waals surface area contributed by atoms with Crippen LogP contribution in [0.4, 0.5) is 0 Å². The number of aromatic nitrogens is 2. The predicted molar refractivity (Wildman–Crippen MR) is 106 cm³/mol. The first-order valence-corrected chi connectivity index (χ1v) is 9.05. The van der Waals surface area contributed by atoms with Gasteiger partial charge in [-0.05, 0) is 30.2 Å². The molecule has 3 aromatic rings. The lowest BCUT2D eigenvalue weighted by Gasteiger charge is -2.06. The van der Waals surface area contributed by atoms with Gasteiger partial charge in [0.25, 0.3) is 5.91 Å². The Kier molecular flexibility index (Phi) is 6.41. The lowest BCUT2D eigenvalue weighted by Crippen LogP contribution is -2.30. The minimum atomic E-state index is -0.235. The Hall–Kier alpha value is -3.61. The number of amides is 2. The van der Waals surface area contributed by atoms with Gasteiger partial charge in [0, 0.05) is 18.7 Å². The summed E-state index contributed by atoms with van der Waals surface area (Å²) in [4.78, 5) is 24.1. The van der Waals surface area contributed by atoms with E-state index in [4.69, 9.17) is 0 Å². The maximum atomic E-state index is 12.2. The molecule has 4 N–H and O–H groups in total. The van der Waals surface area contributed by atoms with Gasteiger partial charge in [-0.15, -0.1) is 0 Å². The van der Waals surface area contributed by atoms with E-state index in [9.17, 15) is 14.7 Å². The van der Waals surface area contributed by atoms with Crippen LogP contribution in [0.15, 0.2) is 60.7 Å². The van der Waals surface area contributed by atoms with Crippen molar-refractivity contribution >= 4 is 11.8 Å². The van der Waals surface area contributed by atoms with Crippen molar-refractivity contribution in [1.82, 2.24) is 20.8 Å². The van der Waals surface area contributed by atoms with Gasteiger partial charge in [-0.3, -0.25) is 14.7 Å². The zero-order valence-corrected chi connectivity index (χ0v) is 15.3. The van der Waals surface area contributed by atoms with Crippen LogP contribution >= 0.6 is 0 Å². The molecule has 0 aliphatic rings. The number of aromatic hydroxyl groups is 1. The fraction of sp³-hybridized carbons (Fsp3) is 0.190. The van der Waals surface area contributed by atoms with Crippen molar-refractivity contribution in [3.63, 3.8) is 0 Å². The van der Waals surface area contributed by atoms with Crippen LogP contribution in [0.3, 0.4) is 0 Å². The van der Waals surface area contributed by atoms with Crippen molar-refractivity contribution in [2.24, 2.45) is 0 Å². The van der Waals surface area contributed by atoms with Crippen LogP contribution in [-0.2, 0) is 11.2 Å². The Bertz CT molecular complexity index is 938. The maximum absolute atomic E-state index is 12.2. The van der Waals surface area contributed by atoms with E-state index in [1.165, 1.54) is 0 Å². The molecular weight excluding hydrogens is 356 g/mol. The van der Waals surface area contributed by atoms with Crippen molar-refractivity contribution in [2.45, 2.75) is 12.8 Å². The van der Waals surface area contributed by atoms with Gasteiger partial charge in [-0.2, -0.15) is 5.10 Å². The second kappa shape index (κ2) is 9.36. The quantitative estimate of drug-likeness (QED) is 0.451. The molecule has 2 aromatic carbocycles. The molecule has 144 valence electrons. The standard InChI is InChI=1S/C21H22N4O3/c26-17-9-4-6-15(12-17)13-20(27)22-10-5-11-23-21(28)19-14-18(24-25-19)16-7-2-1-3-8-16/h1-4,6-9,12,14,26H,5,10-11,13H2,(H,22,27)(H,23,28)(H,24,25). The number of nitrogens with zero attached hydrogens (tertiary/aromatic N) is 1. The van der Waals surface area contributed by atoms with E-state index < -0.39 is 0 Å². The lowest BCUT2D eigenvalue weighted by molar-refractivity contribution is -0.120. The van der Waals surface area contributed by atoms with Crippen molar-refractivity contribution < 1.29 is 14.7 Å². The van der Waals surface area contributed by atoms with Crippen LogP contribution in [0.1, 0.15) is 22.5 Å². The molecule has 3 rings (SSSR count). The number of aromatic amines is 1. The van der Waals surface area contributed by atoms with Crippen LogP contribution in [0.5, 0.6) is 5.75 Å². The molecule has 0 unspecified atom stereocenters. The van der Waals surface area contributed by atoms with Gasteiger partial charge in [-0.1, -0.05) is 42.5 Å². The van der Waals surface area contributed by atoms with Crippen LogP contribution < -0.4 is 10.6 Å². The molecule has 0 atom stereocenters. The molecule has 28 heavy (non-hydrogen) atoms. The van der Waals surface area contributed by atoms with Gasteiger partial charge in [-0.25, -0.2) is 0 Å². The third-order valence-electron chi connectivity index (χ3n) is 4.13. The number of hydrogen-bond donors (Lipinski definition) is 4. The van der Waals surface area contributed by atoms with Crippen LogP contribution in [0, 0.1) is 0 Å². The third-order valence-corrected chi connectivity index (χ3v) is 4.13. The second-order valence-electron chi connectivity index (χ2n) is 6.34. The topological polar surface area (TPSA) is 107 Å². The first-order chi connectivity index (χ1) is 13.6. The smallest absolute Gasteiger partial charge is 0.269 e. The normalized spacial score (nSPS) is 10.4. The fourth-order valence-corrected chi connectivity index (χ4v) is 2.72. The molecule has 0 spiro atoms. The second-order valence-corrected chi connectivity index (χ2v) is 6.34. The fourth-order valence-electron chi connectivity index (χ4n) is 2.72. The Morgan fingerprint density at radius 1 is 0.964 bits per heavy atom. The number of rotatable bonds is 8. The average Bonchev–Trinajstić information content (AvgIpc) is 3.19. The first kappa shape index (κ1) is 19.2. The number of phenolic OH excluding ortho intramolecular Hbond substituents is 1. The lowest BCUT2D eigenvalue weighted by atomic mass is 10.1. The summed E-state index contributed by atoms with van der Waals surface area (Å²) in [6.45, 7) is 0.890. The minimum absolute atomic E-state index is 0.127. The predicted octanol–water partition coefficient (Wildman–Crippen LogP) is 2.26. The Labute approximate surface area is 162 Å². The third kappa shape index (κ3) is 5.44. The van der Waals surface area contributed by atoms with Crippen molar-refractivity contribution in [2.75, 3.05) is 13.1 Å². The summed E-state index contributed by atoms with van der Waals surface area (Å²) in [5, 5.41) is 21.9. The summed E-state index contributed by atoms with van der Waals surface area (Å²) in [6, 6.07) is 17.9. The van der Waals surface area contributed by atoms with E-state index in [0.717, 1.165) is 11.1 Å². The highest BCUT2D eigenvalue weighted by molar-refractivity contribution is 5.93. The number of carbonyl (C=O) groups is 2. The van der Waals surface area contributed by atoms with Gasteiger partial charge >= 0.3 is 0 Å². The summed E-state index contributed by atoms with van der Waals surface area (Å²) in [7, 11) is 0. The zero-order chi connectivity index (χ0) is 19.8. The van der Waals surface area contributed by atoms with Gasteiger partial charge < -0.3 is 15.7 Å². The molecule has 0 saturated carbocycles. The number of nitrogens with one attached hydrogen (secondary N) is 3. The highest BCUT2D eigenvalue weighted by atomic mass is 16.3. The summed E-state index contributed by atoms with van der Waals surface area (Å²) in [5.74, 6) is -0.221. The van der Waals surface area contributed by atoms with E-state index in [1.54, 1.807) is 30.3 Å². The highest BCUT2D eigenvalue weighted by Crippen LogP contribution is 2.16. The molecule has 0 aliphatic heterocycles. The monoisotopic (exact) mass is 378 g/mol. The molecular formula is C21H22N4O3. The van der Waals surface area contributed by atoms with Crippen LogP contribution in [0.2, 0.25) is 0 Å². The van der Waals surface area contributed by atoms with E-state index >= 15 is 0 Å². The van der Waals surface area contributed by atoms with E-state index in [2.05, 4.69) is 20.8 Å². The highest BCUT2D eigenvalue weighted by Gasteiger charge is 2.10. The average molecular weight is 378 g/mol. The SMILES string of the molecule is O=C(Cc1cccc(O)c1)NCCCNC(=O)c1cc(-c2ccccc2)n[nH]1. The maximum Gasteiger partial charge on any atom is 0.269 e. The molecule has 1 aromatic heterocycles. The van der Waals surface area contributed by atoms with E-state index in [0.29, 0.717) is 30.9 Å². The van der Waals surface area contributed by atoms with Crippen molar-refractivity contribution in [3.8, 4) is 17.0 Å². The number of hydrogen-bond acceptors (Lipinski definition) is 4. The first-order valence-electron chi connectivity index (χ1n) is 9.05. The summed E-state index contributed by atoms with van der Waals surface area (Å²) >= 11 is 0. The zero-order valence-electron chi connectivity index (χ0n) is 15.3. The van der Waals surface area contributed by atoms with Crippen molar-refractivity contribution in [1.29, 1.82) is 0 Å². The molecule has 7 nitrogen and oxygen atoms in total. The molecule has 0 bridgehead atoms. The van der Waals surface area contributed by atoms with Crippen LogP contribution in [-0.4, -0.2) is 40.2 Å². The summed E-state index contributed by atoms with van der Waals surface area (Å²) < 4.78 is 0. The molecule has 0 aliphatic carbocycles. The minimum Gasteiger partial charge on any atom is -0.508 e. The Morgan fingerprint density at radius 2 is 1.75 bits per heavy atom. The molecule has 7 heteroatoms. The largest absolute Gasteiger partial charge is 0.508 e. The van der Waals surface area contributed by atoms with E-state index in [1.807, 2.05) is 30.3 Å². The number of phenols is 1. The molecule has 1 heterocycles. The molecule has 0 saturated heterocycles. The van der Waals surface area contributed by atoms with Crippen molar-refractivity contribution in [3.05, 3.63) is 71.9 Å². The van der Waals surface area contributed by atoms with Gasteiger partial charge in [0.15, 0.2) is 0 Å². The van der Waals surface area contributed by atoms with Gasteiger partial charge in [0.05, 0.1) is 12.1 Å². The van der Waals surface area contributed by atoms with E-state index in [-0.39, 0.29) is 24.0 Å². The summed E-state index contributed by atoms with van der Waals surface area (Å²) in [5.41, 5.74) is 2.79. The number of H-pyrrole nitrogens is 1. The van der Waals surface area contributed by atoms with Gasteiger partial charge in [0.2, 0.25) is 5.91 Å². The van der Waals surface area contributed by atoms with Crippen LogP contribution in [0.25, 0.3) is 11.3 Å². The van der Waals surface area contributed by atoms with Gasteiger partial charge in [0.1, 0.15) is 11.4 Å². The number of benzene rings is 2. The number of carbonyl (C=O) groups excluding carboxylic acids is 2. The Balaban J connectivity index is 1.37. The molecule has 0 radical (unpaired) electrons. The molecule has 0 fully saturated rings. The molecule has 2 amide bonds.